The van der Waals surface area contributed by atoms with Gasteiger partial charge >= 0.3 is 0 Å². The van der Waals surface area contributed by atoms with Crippen molar-refractivity contribution in [1.82, 2.24) is 0 Å². The highest BCUT2D eigenvalue weighted by atomic mass is 28.4. The van der Waals surface area contributed by atoms with Crippen LogP contribution >= 0.6 is 0 Å². The van der Waals surface area contributed by atoms with Crippen molar-refractivity contribution in [3.8, 4) is 0 Å². The third-order valence-corrected chi connectivity index (χ3v) is 13.5. The molecule has 1 heterocycles. The van der Waals surface area contributed by atoms with Gasteiger partial charge in [0.15, 0.2) is 33.6 Å². The summed E-state index contributed by atoms with van der Waals surface area (Å²) in [5, 5.41) is 0.147. The van der Waals surface area contributed by atoms with Crippen LogP contribution in [-0.2, 0) is 40.7 Å². The van der Waals surface area contributed by atoms with Gasteiger partial charge in [-0.2, -0.15) is 0 Å². The zero-order valence-corrected chi connectivity index (χ0v) is 26.6. The van der Waals surface area contributed by atoms with E-state index in [0.717, 1.165) is 31.6 Å². The lowest BCUT2D eigenvalue weighted by Gasteiger charge is -2.42. The van der Waals surface area contributed by atoms with Crippen molar-refractivity contribution in [2.45, 2.75) is 96.7 Å². The van der Waals surface area contributed by atoms with Crippen LogP contribution in [0.15, 0.2) is 18.2 Å². The molecule has 1 aromatic rings. The molecule has 0 amide bonds. The molecule has 5 nitrogen and oxygen atoms in total. The quantitative estimate of drug-likeness (QED) is 0.310. The minimum Gasteiger partial charge on any atom is -0.413 e. The highest BCUT2D eigenvalue weighted by Crippen LogP contribution is 2.43. The molecule has 1 saturated heterocycles. The number of benzene rings is 1. The number of methoxy groups -OCH3 is 1. The molecule has 0 radical (unpaired) electrons. The summed E-state index contributed by atoms with van der Waals surface area (Å²) in [7, 11) is -1.51. The van der Waals surface area contributed by atoms with E-state index in [9.17, 15) is 0 Å². The maximum absolute atomic E-state index is 6.75. The lowest BCUT2D eigenvalue weighted by atomic mass is 9.82. The molecule has 0 N–H and O–H groups in total. The van der Waals surface area contributed by atoms with E-state index in [4.69, 9.17) is 22.8 Å². The van der Waals surface area contributed by atoms with E-state index in [-0.39, 0.29) is 16.6 Å². The van der Waals surface area contributed by atoms with Crippen LogP contribution in [0.1, 0.15) is 64.2 Å². The number of hydrogen-bond donors (Lipinski definition) is 0. The Bertz CT molecular complexity index is 749. The van der Waals surface area contributed by atoms with Gasteiger partial charge in [0.2, 0.25) is 0 Å². The lowest BCUT2D eigenvalue weighted by Crippen LogP contribution is -2.43. The Morgan fingerprint density at radius 3 is 2.09 bits per heavy atom. The summed E-state index contributed by atoms with van der Waals surface area (Å²) in [4.78, 5) is 0. The Balaban J connectivity index is 2.63. The molecule has 1 fully saturated rings. The monoisotopic (exact) mass is 512 g/mol. The van der Waals surface area contributed by atoms with Gasteiger partial charge in [-0.25, -0.2) is 0 Å². The maximum atomic E-state index is 6.75. The Kier molecular flexibility index (Phi) is 10.2. The van der Waals surface area contributed by atoms with Gasteiger partial charge in [-0.05, 0) is 29.3 Å². The molecular formula is C25H48O5Si3. The van der Waals surface area contributed by atoms with Crippen LogP contribution in [0.5, 0.6) is 0 Å². The van der Waals surface area contributed by atoms with Crippen LogP contribution in [0.4, 0.5) is 0 Å². The fraction of sp³-hybridized carbons (Fsp3) is 0.760. The Morgan fingerprint density at radius 2 is 1.64 bits per heavy atom. The van der Waals surface area contributed by atoms with E-state index in [2.05, 4.69) is 79.0 Å². The standard InChI is InChI=1S/C25H48O5Si3/c1-19(2)25(29-31-7,30-32-8)22-12-11-21(24(26-6)13-15-27-16-14-24)17-20(22)18-28-33(9,10)23(3,4)5/h11-12,17,19H,13-16,18,31-32H2,1-10H3. The normalized spacial score (nSPS) is 19.7. The molecule has 2 rings (SSSR count). The molecule has 1 aliphatic rings. The zero-order chi connectivity index (χ0) is 24.9. The molecule has 190 valence electrons. The van der Waals surface area contributed by atoms with Crippen LogP contribution in [-0.4, -0.2) is 48.2 Å². The second-order valence-electron chi connectivity index (χ2n) is 10.9. The fourth-order valence-corrected chi connectivity index (χ4v) is 7.51. The van der Waals surface area contributed by atoms with Crippen LogP contribution in [0, 0.1) is 5.92 Å². The van der Waals surface area contributed by atoms with Crippen LogP contribution in [0.3, 0.4) is 0 Å². The van der Waals surface area contributed by atoms with E-state index >= 15 is 0 Å². The number of ether oxygens (including phenoxy) is 2. The molecular weight excluding hydrogens is 465 g/mol. The van der Waals surface area contributed by atoms with Crippen LogP contribution in [0.2, 0.25) is 31.2 Å². The van der Waals surface area contributed by atoms with Gasteiger partial charge in [0.1, 0.15) is 0 Å². The first-order chi connectivity index (χ1) is 15.4. The van der Waals surface area contributed by atoms with Gasteiger partial charge in [0.25, 0.3) is 0 Å². The average molecular weight is 513 g/mol. The molecule has 0 atom stereocenters. The largest absolute Gasteiger partial charge is 0.413 e. The second kappa shape index (κ2) is 11.6. The van der Waals surface area contributed by atoms with Crippen molar-refractivity contribution in [2.75, 3.05) is 20.3 Å². The average Bonchev–Trinajstić information content (AvgIpc) is 2.77. The summed E-state index contributed by atoms with van der Waals surface area (Å²) >= 11 is 0. The zero-order valence-electron chi connectivity index (χ0n) is 22.8. The number of rotatable bonds is 11. The van der Waals surface area contributed by atoms with Gasteiger partial charge in [-0.15, -0.1) is 0 Å². The highest BCUT2D eigenvalue weighted by molar-refractivity contribution is 6.74. The molecule has 0 aromatic heterocycles. The van der Waals surface area contributed by atoms with Gasteiger partial charge in [0.05, 0.1) is 12.2 Å². The molecule has 8 heteroatoms. The first kappa shape index (κ1) is 28.9. The summed E-state index contributed by atoms with van der Waals surface area (Å²) in [6, 6.07) is 6.75. The Labute approximate surface area is 208 Å². The smallest absolute Gasteiger partial charge is 0.192 e. The molecule has 1 aliphatic heterocycles. The fourth-order valence-electron chi connectivity index (χ4n) is 4.39. The van der Waals surface area contributed by atoms with Crippen LogP contribution in [0.25, 0.3) is 0 Å². The summed E-state index contributed by atoms with van der Waals surface area (Å²) in [6.45, 7) is 22.3. The van der Waals surface area contributed by atoms with Crippen molar-refractivity contribution in [3.05, 3.63) is 34.9 Å². The van der Waals surface area contributed by atoms with Gasteiger partial charge < -0.3 is 22.8 Å². The van der Waals surface area contributed by atoms with E-state index in [1.54, 1.807) is 0 Å². The molecule has 33 heavy (non-hydrogen) atoms. The van der Waals surface area contributed by atoms with Crippen molar-refractivity contribution in [1.29, 1.82) is 0 Å². The minimum atomic E-state index is -1.93. The Hall–Kier alpha value is -0.329. The maximum Gasteiger partial charge on any atom is 0.192 e. The SMILES string of the molecule is COC1(c2ccc(C(O[SiH2]C)(O[SiH2]C)C(C)C)c(CO[Si](C)(C)C(C)(C)C)c2)CCOCC1. The summed E-state index contributed by atoms with van der Waals surface area (Å²) < 4.78 is 31.6. The third-order valence-electron chi connectivity index (χ3n) is 7.57. The molecule has 0 unspecified atom stereocenters. The molecule has 0 spiro atoms. The topological polar surface area (TPSA) is 46.2 Å². The second-order valence-corrected chi connectivity index (χ2v) is 17.5. The molecule has 0 aliphatic carbocycles. The van der Waals surface area contributed by atoms with Crippen molar-refractivity contribution >= 4 is 27.8 Å². The van der Waals surface area contributed by atoms with E-state index in [1.165, 1.54) is 11.1 Å². The van der Waals surface area contributed by atoms with E-state index < -0.39 is 33.6 Å². The molecule has 1 aromatic carbocycles. The third kappa shape index (κ3) is 6.27. The van der Waals surface area contributed by atoms with Crippen molar-refractivity contribution < 1.29 is 22.8 Å². The predicted molar refractivity (Wildman–Crippen MR) is 145 cm³/mol. The number of hydrogen-bond acceptors (Lipinski definition) is 5. The summed E-state index contributed by atoms with van der Waals surface area (Å²) in [6.07, 6.45) is 1.72. The summed E-state index contributed by atoms with van der Waals surface area (Å²) in [5.74, 6) is -0.489. The predicted octanol–water partition coefficient (Wildman–Crippen LogP) is 4.97. The Morgan fingerprint density at radius 1 is 1.06 bits per heavy atom. The molecule has 0 saturated carbocycles. The minimum absolute atomic E-state index is 0.147. The van der Waals surface area contributed by atoms with Crippen molar-refractivity contribution in [2.24, 2.45) is 5.92 Å². The van der Waals surface area contributed by atoms with E-state index in [0.29, 0.717) is 6.61 Å². The first-order valence-corrected chi connectivity index (χ1v) is 19.5. The first-order valence-electron chi connectivity index (χ1n) is 12.6. The lowest BCUT2D eigenvalue weighted by molar-refractivity contribution is -0.157. The van der Waals surface area contributed by atoms with Crippen LogP contribution < -0.4 is 0 Å². The summed E-state index contributed by atoms with van der Waals surface area (Å²) in [5.41, 5.74) is 3.18. The molecule has 0 bridgehead atoms. The van der Waals surface area contributed by atoms with Gasteiger partial charge in [-0.1, -0.05) is 65.9 Å². The van der Waals surface area contributed by atoms with Gasteiger partial charge in [-0.3, -0.25) is 0 Å². The van der Waals surface area contributed by atoms with Crippen molar-refractivity contribution in [3.63, 3.8) is 0 Å². The van der Waals surface area contributed by atoms with Gasteiger partial charge in [0, 0.05) is 44.6 Å². The van der Waals surface area contributed by atoms with E-state index in [1.807, 2.05) is 7.11 Å². The highest BCUT2D eigenvalue weighted by Gasteiger charge is 2.42.